The smallest absolute Gasteiger partial charge is 0.325 e. The van der Waals surface area contributed by atoms with E-state index in [1.54, 1.807) is 19.1 Å². The van der Waals surface area contributed by atoms with Gasteiger partial charge in [-0.1, -0.05) is 66.2 Å². The van der Waals surface area contributed by atoms with E-state index in [4.69, 9.17) is 11.6 Å². The predicted molar refractivity (Wildman–Crippen MR) is 120 cm³/mol. The van der Waals surface area contributed by atoms with E-state index in [1.165, 1.54) is 0 Å². The van der Waals surface area contributed by atoms with Crippen LogP contribution in [-0.4, -0.2) is 29.3 Å². The molecule has 4 rings (SSSR count). The Balaban J connectivity index is 1.53. The Morgan fingerprint density at radius 3 is 2.48 bits per heavy atom. The van der Waals surface area contributed by atoms with Crippen molar-refractivity contribution in [1.29, 1.82) is 0 Å². The molecule has 158 valence electrons. The molecule has 0 saturated carbocycles. The monoisotopic (exact) mass is 435 g/mol. The number of nitrogens with zero attached hydrogens (tertiary/aromatic N) is 1. The largest absolute Gasteiger partial charge is 0.348 e. The zero-order chi connectivity index (χ0) is 22.2. The van der Waals surface area contributed by atoms with E-state index in [-0.39, 0.29) is 12.6 Å². The fourth-order valence-electron chi connectivity index (χ4n) is 3.95. The molecule has 1 heterocycles. The van der Waals surface area contributed by atoms with Crippen molar-refractivity contribution in [3.63, 3.8) is 0 Å². The van der Waals surface area contributed by atoms with Gasteiger partial charge in [0.05, 0.1) is 6.04 Å². The van der Waals surface area contributed by atoms with Crippen molar-refractivity contribution in [2.24, 2.45) is 0 Å². The van der Waals surface area contributed by atoms with Crippen molar-refractivity contribution in [1.82, 2.24) is 15.5 Å². The van der Waals surface area contributed by atoms with E-state index in [0.717, 1.165) is 21.2 Å². The molecule has 4 amide bonds. The van der Waals surface area contributed by atoms with Gasteiger partial charge in [-0.3, -0.25) is 14.5 Å². The molecule has 0 radical (unpaired) electrons. The van der Waals surface area contributed by atoms with E-state index >= 15 is 0 Å². The van der Waals surface area contributed by atoms with Crippen LogP contribution in [0.25, 0.3) is 10.8 Å². The topological polar surface area (TPSA) is 78.5 Å². The number of carbonyl (C=O) groups is 3. The summed E-state index contributed by atoms with van der Waals surface area (Å²) in [5, 5.41) is 8.06. The standard InChI is InChI=1S/C24H22ClN3O3/c1-15(16-10-12-18(25)13-11-16)26-21(29)14-28-22(30)24(2,27-23(28)31)20-9-5-7-17-6-3-4-8-19(17)20/h3-13,15H,14H2,1-2H3,(H,26,29)(H,27,31). The van der Waals surface area contributed by atoms with Crippen LogP contribution in [0.15, 0.2) is 66.7 Å². The zero-order valence-corrected chi connectivity index (χ0v) is 17.9. The Labute approximate surface area is 185 Å². The van der Waals surface area contributed by atoms with Crippen molar-refractivity contribution < 1.29 is 14.4 Å². The minimum absolute atomic E-state index is 0.296. The Kier molecular flexibility index (Phi) is 5.41. The highest BCUT2D eigenvalue weighted by molar-refractivity contribution is 6.30. The predicted octanol–water partition coefficient (Wildman–Crippen LogP) is 4.14. The zero-order valence-electron chi connectivity index (χ0n) is 17.2. The first-order valence-corrected chi connectivity index (χ1v) is 10.3. The number of hydrogen-bond acceptors (Lipinski definition) is 3. The fourth-order valence-corrected chi connectivity index (χ4v) is 4.08. The molecule has 3 aromatic rings. The van der Waals surface area contributed by atoms with Crippen molar-refractivity contribution in [2.45, 2.75) is 25.4 Å². The second-order valence-electron chi connectivity index (χ2n) is 7.81. The Morgan fingerprint density at radius 1 is 1.06 bits per heavy atom. The molecular weight excluding hydrogens is 414 g/mol. The quantitative estimate of drug-likeness (QED) is 0.591. The minimum Gasteiger partial charge on any atom is -0.348 e. The third kappa shape index (κ3) is 3.86. The molecule has 1 aliphatic heterocycles. The number of hydrogen-bond donors (Lipinski definition) is 2. The van der Waals surface area contributed by atoms with Gasteiger partial charge in [-0.05, 0) is 47.9 Å². The van der Waals surface area contributed by atoms with E-state index in [9.17, 15) is 14.4 Å². The summed E-state index contributed by atoms with van der Waals surface area (Å²) in [5.41, 5.74) is 0.317. The third-order valence-corrected chi connectivity index (χ3v) is 5.90. The number of imide groups is 1. The van der Waals surface area contributed by atoms with Crippen molar-refractivity contribution >= 4 is 40.2 Å². The molecular formula is C24H22ClN3O3. The van der Waals surface area contributed by atoms with Crippen LogP contribution >= 0.6 is 11.6 Å². The summed E-state index contributed by atoms with van der Waals surface area (Å²) in [6.07, 6.45) is 0. The number of nitrogens with one attached hydrogen (secondary N) is 2. The molecule has 31 heavy (non-hydrogen) atoms. The second kappa shape index (κ2) is 8.04. The lowest BCUT2D eigenvalue weighted by molar-refractivity contribution is -0.135. The number of amides is 4. The van der Waals surface area contributed by atoms with Crippen LogP contribution in [0.1, 0.15) is 31.0 Å². The summed E-state index contributed by atoms with van der Waals surface area (Å²) >= 11 is 5.91. The summed E-state index contributed by atoms with van der Waals surface area (Å²) in [5.74, 6) is -0.878. The Hall–Kier alpha value is -3.38. The molecule has 1 saturated heterocycles. The van der Waals surface area contributed by atoms with E-state index in [0.29, 0.717) is 10.6 Å². The first-order chi connectivity index (χ1) is 14.8. The lowest BCUT2D eigenvalue weighted by atomic mass is 9.88. The van der Waals surface area contributed by atoms with Gasteiger partial charge in [0.1, 0.15) is 12.1 Å². The summed E-state index contributed by atoms with van der Waals surface area (Å²) < 4.78 is 0. The lowest BCUT2D eigenvalue weighted by Crippen LogP contribution is -2.43. The Morgan fingerprint density at radius 2 is 1.74 bits per heavy atom. The molecule has 1 fully saturated rings. The van der Waals surface area contributed by atoms with E-state index in [1.807, 2.05) is 61.5 Å². The molecule has 3 aromatic carbocycles. The van der Waals surface area contributed by atoms with Gasteiger partial charge >= 0.3 is 6.03 Å². The normalized spacial score (nSPS) is 19.4. The van der Waals surface area contributed by atoms with Gasteiger partial charge in [-0.15, -0.1) is 0 Å². The van der Waals surface area contributed by atoms with Crippen molar-refractivity contribution in [3.05, 3.63) is 82.9 Å². The van der Waals surface area contributed by atoms with Crippen LogP contribution in [0, 0.1) is 0 Å². The lowest BCUT2D eigenvalue weighted by Gasteiger charge is -2.24. The van der Waals surface area contributed by atoms with Gasteiger partial charge in [0, 0.05) is 5.02 Å². The molecule has 2 unspecified atom stereocenters. The highest BCUT2D eigenvalue weighted by atomic mass is 35.5. The van der Waals surface area contributed by atoms with Crippen LogP contribution in [-0.2, 0) is 15.1 Å². The molecule has 7 heteroatoms. The van der Waals surface area contributed by atoms with Crippen LogP contribution in [0.3, 0.4) is 0 Å². The maximum Gasteiger partial charge on any atom is 0.325 e. The number of halogens is 1. The molecule has 0 bridgehead atoms. The molecule has 0 spiro atoms. The summed E-state index contributed by atoms with van der Waals surface area (Å²) in [6, 6.07) is 19.5. The fraction of sp³-hybridized carbons (Fsp3) is 0.208. The highest BCUT2D eigenvalue weighted by Gasteiger charge is 2.50. The van der Waals surface area contributed by atoms with Gasteiger partial charge in [0.25, 0.3) is 5.91 Å². The SMILES string of the molecule is CC(NC(=O)CN1C(=O)NC(C)(c2cccc3ccccc23)C1=O)c1ccc(Cl)cc1. The number of benzene rings is 3. The second-order valence-corrected chi connectivity index (χ2v) is 8.25. The van der Waals surface area contributed by atoms with Gasteiger partial charge in [0.2, 0.25) is 5.91 Å². The van der Waals surface area contributed by atoms with E-state index < -0.39 is 23.4 Å². The molecule has 1 aliphatic rings. The third-order valence-electron chi connectivity index (χ3n) is 5.65. The van der Waals surface area contributed by atoms with Crippen LogP contribution in [0.5, 0.6) is 0 Å². The average Bonchev–Trinajstić information content (AvgIpc) is 2.97. The van der Waals surface area contributed by atoms with Crippen molar-refractivity contribution in [3.8, 4) is 0 Å². The number of rotatable bonds is 5. The van der Waals surface area contributed by atoms with E-state index in [2.05, 4.69) is 10.6 Å². The minimum atomic E-state index is -1.25. The highest BCUT2D eigenvalue weighted by Crippen LogP contribution is 2.33. The molecule has 0 aromatic heterocycles. The number of urea groups is 1. The molecule has 2 N–H and O–H groups in total. The summed E-state index contributed by atoms with van der Waals surface area (Å²) in [7, 11) is 0. The van der Waals surface area contributed by atoms with Crippen LogP contribution < -0.4 is 10.6 Å². The molecule has 0 aliphatic carbocycles. The first kappa shape index (κ1) is 20.9. The Bertz CT molecular complexity index is 1170. The molecule has 2 atom stereocenters. The average molecular weight is 436 g/mol. The first-order valence-electron chi connectivity index (χ1n) is 9.97. The van der Waals surface area contributed by atoms with Gasteiger partial charge in [-0.2, -0.15) is 0 Å². The summed E-state index contributed by atoms with van der Waals surface area (Å²) in [6.45, 7) is 3.14. The van der Waals surface area contributed by atoms with Gasteiger partial charge in [-0.25, -0.2) is 4.79 Å². The maximum absolute atomic E-state index is 13.3. The van der Waals surface area contributed by atoms with Crippen LogP contribution in [0.2, 0.25) is 5.02 Å². The van der Waals surface area contributed by atoms with Crippen molar-refractivity contribution in [2.75, 3.05) is 6.54 Å². The maximum atomic E-state index is 13.3. The summed E-state index contributed by atoms with van der Waals surface area (Å²) in [4.78, 5) is 39.4. The van der Waals surface area contributed by atoms with Crippen LogP contribution in [0.4, 0.5) is 4.79 Å². The molecule has 6 nitrogen and oxygen atoms in total. The van der Waals surface area contributed by atoms with Gasteiger partial charge < -0.3 is 10.6 Å². The number of fused-ring (bicyclic) bond motifs is 1. The number of carbonyl (C=O) groups excluding carboxylic acids is 3. The van der Waals surface area contributed by atoms with Gasteiger partial charge in [0.15, 0.2) is 0 Å².